The molecule has 2 aliphatic heterocycles. The SMILES string of the molecule is COCCN1CCC(N2CCC(N)CC2)C1. The lowest BCUT2D eigenvalue weighted by atomic mass is 10.0. The van der Waals surface area contributed by atoms with Crippen molar-refractivity contribution in [3.05, 3.63) is 0 Å². The molecule has 4 nitrogen and oxygen atoms in total. The Bertz CT molecular complexity index is 204. The van der Waals surface area contributed by atoms with E-state index in [1.54, 1.807) is 7.11 Å². The van der Waals surface area contributed by atoms with Crippen molar-refractivity contribution in [1.29, 1.82) is 0 Å². The van der Waals surface area contributed by atoms with E-state index in [1.807, 2.05) is 0 Å². The van der Waals surface area contributed by atoms with Gasteiger partial charge in [-0.15, -0.1) is 0 Å². The van der Waals surface area contributed by atoms with Gasteiger partial charge in [0.15, 0.2) is 0 Å². The Morgan fingerprint density at radius 3 is 2.62 bits per heavy atom. The van der Waals surface area contributed by atoms with E-state index >= 15 is 0 Å². The minimum atomic E-state index is 0.447. The normalized spacial score (nSPS) is 30.0. The summed E-state index contributed by atoms with van der Waals surface area (Å²) in [5, 5.41) is 0. The van der Waals surface area contributed by atoms with Crippen molar-refractivity contribution in [2.45, 2.75) is 31.3 Å². The molecule has 0 spiro atoms. The highest BCUT2D eigenvalue weighted by Gasteiger charge is 2.29. The van der Waals surface area contributed by atoms with Crippen molar-refractivity contribution in [3.8, 4) is 0 Å². The minimum Gasteiger partial charge on any atom is -0.383 e. The molecule has 94 valence electrons. The first-order valence-corrected chi connectivity index (χ1v) is 6.50. The van der Waals surface area contributed by atoms with Crippen LogP contribution in [0.2, 0.25) is 0 Å². The summed E-state index contributed by atoms with van der Waals surface area (Å²) in [5.41, 5.74) is 5.94. The Balaban J connectivity index is 1.71. The molecule has 0 aromatic carbocycles. The summed E-state index contributed by atoms with van der Waals surface area (Å²) in [5.74, 6) is 0. The van der Waals surface area contributed by atoms with Crippen LogP contribution in [0.15, 0.2) is 0 Å². The minimum absolute atomic E-state index is 0.447. The zero-order valence-corrected chi connectivity index (χ0v) is 10.4. The van der Waals surface area contributed by atoms with Gasteiger partial charge in [-0.25, -0.2) is 0 Å². The summed E-state index contributed by atoms with van der Waals surface area (Å²) in [6.07, 6.45) is 3.67. The summed E-state index contributed by atoms with van der Waals surface area (Å²) in [7, 11) is 1.78. The molecule has 16 heavy (non-hydrogen) atoms. The van der Waals surface area contributed by atoms with Gasteiger partial charge in [-0.2, -0.15) is 0 Å². The van der Waals surface area contributed by atoms with Gasteiger partial charge in [0.1, 0.15) is 0 Å². The van der Waals surface area contributed by atoms with Crippen LogP contribution in [0.25, 0.3) is 0 Å². The van der Waals surface area contributed by atoms with Crippen molar-refractivity contribution < 1.29 is 4.74 Å². The van der Waals surface area contributed by atoms with Gasteiger partial charge in [0.25, 0.3) is 0 Å². The summed E-state index contributed by atoms with van der Waals surface area (Å²) < 4.78 is 5.13. The van der Waals surface area contributed by atoms with Crippen LogP contribution in [0, 0.1) is 0 Å². The largest absolute Gasteiger partial charge is 0.383 e. The summed E-state index contributed by atoms with van der Waals surface area (Å²) in [6.45, 7) is 6.79. The number of hydrogen-bond acceptors (Lipinski definition) is 4. The molecule has 0 aliphatic carbocycles. The van der Waals surface area contributed by atoms with E-state index in [4.69, 9.17) is 10.5 Å². The second-order valence-corrected chi connectivity index (χ2v) is 5.11. The van der Waals surface area contributed by atoms with Crippen molar-refractivity contribution in [2.75, 3.05) is 46.4 Å². The zero-order chi connectivity index (χ0) is 11.4. The summed E-state index contributed by atoms with van der Waals surface area (Å²) >= 11 is 0. The van der Waals surface area contributed by atoms with E-state index in [-0.39, 0.29) is 0 Å². The standard InChI is InChI=1S/C12H25N3O/c1-16-9-8-14-5-4-12(10-14)15-6-2-11(13)3-7-15/h11-12H,2-10,13H2,1H3. The number of piperidine rings is 1. The lowest BCUT2D eigenvalue weighted by molar-refractivity contribution is 0.136. The molecular formula is C12H25N3O. The van der Waals surface area contributed by atoms with Crippen molar-refractivity contribution in [2.24, 2.45) is 5.73 Å². The average Bonchev–Trinajstić information content (AvgIpc) is 2.76. The summed E-state index contributed by atoms with van der Waals surface area (Å²) in [4.78, 5) is 5.15. The van der Waals surface area contributed by atoms with Gasteiger partial charge in [0.2, 0.25) is 0 Å². The maximum absolute atomic E-state index is 5.94. The Hall–Kier alpha value is -0.160. The van der Waals surface area contributed by atoms with Gasteiger partial charge in [-0.05, 0) is 38.9 Å². The van der Waals surface area contributed by atoms with E-state index in [9.17, 15) is 0 Å². The Morgan fingerprint density at radius 1 is 1.19 bits per heavy atom. The van der Waals surface area contributed by atoms with Crippen molar-refractivity contribution >= 4 is 0 Å². The molecule has 0 aromatic rings. The molecule has 0 saturated carbocycles. The Morgan fingerprint density at radius 2 is 1.94 bits per heavy atom. The van der Waals surface area contributed by atoms with E-state index in [1.165, 1.54) is 45.4 Å². The third-order valence-electron chi connectivity index (χ3n) is 3.95. The maximum Gasteiger partial charge on any atom is 0.0589 e. The van der Waals surface area contributed by atoms with Gasteiger partial charge in [0, 0.05) is 32.3 Å². The lowest BCUT2D eigenvalue weighted by Crippen LogP contribution is -2.46. The second-order valence-electron chi connectivity index (χ2n) is 5.11. The zero-order valence-electron chi connectivity index (χ0n) is 10.4. The maximum atomic E-state index is 5.94. The van der Waals surface area contributed by atoms with Gasteiger partial charge in [0.05, 0.1) is 6.61 Å². The number of hydrogen-bond donors (Lipinski definition) is 1. The van der Waals surface area contributed by atoms with Crippen LogP contribution < -0.4 is 5.73 Å². The molecule has 2 N–H and O–H groups in total. The number of methoxy groups -OCH3 is 1. The smallest absolute Gasteiger partial charge is 0.0589 e. The van der Waals surface area contributed by atoms with Gasteiger partial charge >= 0.3 is 0 Å². The van der Waals surface area contributed by atoms with Crippen LogP contribution >= 0.6 is 0 Å². The molecule has 2 fully saturated rings. The van der Waals surface area contributed by atoms with Crippen LogP contribution in [-0.2, 0) is 4.74 Å². The Labute approximate surface area is 98.7 Å². The van der Waals surface area contributed by atoms with Crippen molar-refractivity contribution in [1.82, 2.24) is 9.80 Å². The second kappa shape index (κ2) is 5.96. The predicted octanol–water partition coefficient (Wildman–Crippen LogP) is 0.130. The van der Waals surface area contributed by atoms with Crippen LogP contribution in [0.3, 0.4) is 0 Å². The van der Waals surface area contributed by atoms with Gasteiger partial charge in [-0.1, -0.05) is 0 Å². The molecule has 2 heterocycles. The predicted molar refractivity (Wildman–Crippen MR) is 65.5 cm³/mol. The Kier molecular flexibility index (Phi) is 4.58. The average molecular weight is 227 g/mol. The fraction of sp³-hybridized carbons (Fsp3) is 1.00. The highest BCUT2D eigenvalue weighted by atomic mass is 16.5. The molecule has 4 heteroatoms. The highest BCUT2D eigenvalue weighted by Crippen LogP contribution is 2.19. The van der Waals surface area contributed by atoms with E-state index in [0.29, 0.717) is 6.04 Å². The molecule has 0 bridgehead atoms. The van der Waals surface area contributed by atoms with E-state index < -0.39 is 0 Å². The van der Waals surface area contributed by atoms with Crippen LogP contribution in [0.5, 0.6) is 0 Å². The van der Waals surface area contributed by atoms with Gasteiger partial charge < -0.3 is 10.5 Å². The third-order valence-corrected chi connectivity index (χ3v) is 3.95. The fourth-order valence-electron chi connectivity index (χ4n) is 2.82. The van der Waals surface area contributed by atoms with Crippen LogP contribution in [0.1, 0.15) is 19.3 Å². The van der Waals surface area contributed by atoms with Crippen molar-refractivity contribution in [3.63, 3.8) is 0 Å². The number of rotatable bonds is 4. The molecule has 1 unspecified atom stereocenters. The monoisotopic (exact) mass is 227 g/mol. The van der Waals surface area contributed by atoms with Crippen LogP contribution in [-0.4, -0.2) is 68.3 Å². The molecule has 1 atom stereocenters. The molecule has 2 saturated heterocycles. The molecule has 0 radical (unpaired) electrons. The van der Waals surface area contributed by atoms with Crippen LogP contribution in [0.4, 0.5) is 0 Å². The molecule has 2 aliphatic rings. The first-order chi connectivity index (χ1) is 7.79. The topological polar surface area (TPSA) is 41.7 Å². The lowest BCUT2D eigenvalue weighted by Gasteiger charge is -2.34. The van der Waals surface area contributed by atoms with Gasteiger partial charge in [-0.3, -0.25) is 9.80 Å². The number of nitrogens with zero attached hydrogens (tertiary/aromatic N) is 2. The molecule has 0 amide bonds. The molecule has 2 rings (SSSR count). The first kappa shape index (κ1) is 12.3. The molecule has 0 aromatic heterocycles. The summed E-state index contributed by atoms with van der Waals surface area (Å²) in [6, 6.07) is 1.21. The van der Waals surface area contributed by atoms with E-state index in [0.717, 1.165) is 19.2 Å². The fourth-order valence-corrected chi connectivity index (χ4v) is 2.82. The molecular weight excluding hydrogens is 202 g/mol. The third kappa shape index (κ3) is 3.17. The number of ether oxygens (including phenoxy) is 1. The first-order valence-electron chi connectivity index (χ1n) is 6.50. The number of likely N-dealkylation sites (tertiary alicyclic amines) is 2. The quantitative estimate of drug-likeness (QED) is 0.741. The number of nitrogens with two attached hydrogens (primary N) is 1. The van der Waals surface area contributed by atoms with E-state index in [2.05, 4.69) is 9.80 Å². The highest BCUT2D eigenvalue weighted by molar-refractivity contribution is 4.86.